The van der Waals surface area contributed by atoms with E-state index < -0.39 is 0 Å². The molecule has 4 aliphatic rings. The number of hydrogen-bond acceptors (Lipinski definition) is 3. The molecule has 0 heterocycles. The van der Waals surface area contributed by atoms with Crippen molar-refractivity contribution >= 4 is 27.7 Å². The lowest BCUT2D eigenvalue weighted by Gasteiger charge is -2.60. The molecule has 25 heavy (non-hydrogen) atoms. The maximum absolute atomic E-state index is 12.2. The number of Topliss-reactive ketones (excluding diaryl/α,β-unsaturated/α-hetero) is 1. The van der Waals surface area contributed by atoms with Crippen LogP contribution >= 0.6 is 15.9 Å². The SMILES string of the molecule is CC(=O)O[C@@H]1CC[C@@H]2[C@@H]3CC[C@@H]4[C@H](Br)C(=O)CC[C@]4(C)[C@H]3CC[C@]21C. The largest absolute Gasteiger partial charge is 0.462 e. The molecular weight excluding hydrogens is 380 g/mol. The summed E-state index contributed by atoms with van der Waals surface area (Å²) in [6, 6.07) is 0. The number of carbonyl (C=O) groups is 2. The number of rotatable bonds is 1. The van der Waals surface area contributed by atoms with Crippen molar-refractivity contribution in [3.8, 4) is 0 Å². The molecule has 0 radical (unpaired) electrons. The minimum absolute atomic E-state index is 0.0675. The molecule has 0 aromatic rings. The van der Waals surface area contributed by atoms with E-state index in [-0.39, 0.29) is 22.3 Å². The van der Waals surface area contributed by atoms with E-state index in [0.717, 1.165) is 31.1 Å². The van der Waals surface area contributed by atoms with E-state index in [9.17, 15) is 9.59 Å². The Bertz CT molecular complexity index is 590. The van der Waals surface area contributed by atoms with Gasteiger partial charge in [-0.15, -0.1) is 0 Å². The maximum atomic E-state index is 12.2. The summed E-state index contributed by atoms with van der Waals surface area (Å²) in [4.78, 5) is 23.8. The van der Waals surface area contributed by atoms with Gasteiger partial charge in [-0.25, -0.2) is 0 Å². The molecule has 4 saturated carbocycles. The molecule has 0 saturated heterocycles. The highest BCUT2D eigenvalue weighted by Crippen LogP contribution is 2.66. The van der Waals surface area contributed by atoms with Crippen LogP contribution in [0.3, 0.4) is 0 Å². The van der Waals surface area contributed by atoms with Gasteiger partial charge in [0, 0.05) is 18.8 Å². The topological polar surface area (TPSA) is 43.4 Å². The lowest BCUT2D eigenvalue weighted by molar-refractivity contribution is -0.161. The van der Waals surface area contributed by atoms with Crippen LogP contribution < -0.4 is 0 Å². The summed E-state index contributed by atoms with van der Waals surface area (Å²) in [7, 11) is 0. The molecule has 4 fully saturated rings. The van der Waals surface area contributed by atoms with Gasteiger partial charge in [0.15, 0.2) is 0 Å². The maximum Gasteiger partial charge on any atom is 0.302 e. The molecule has 8 atom stereocenters. The Hall–Kier alpha value is -0.380. The molecule has 0 aromatic carbocycles. The molecule has 3 nitrogen and oxygen atoms in total. The van der Waals surface area contributed by atoms with E-state index >= 15 is 0 Å². The highest BCUT2D eigenvalue weighted by atomic mass is 79.9. The molecule has 0 unspecified atom stereocenters. The summed E-state index contributed by atoms with van der Waals surface area (Å²) in [6.07, 6.45) is 8.96. The van der Waals surface area contributed by atoms with Gasteiger partial charge in [0.05, 0.1) is 4.83 Å². The zero-order chi connectivity index (χ0) is 18.0. The van der Waals surface area contributed by atoms with Crippen LogP contribution in [-0.2, 0) is 14.3 Å². The second-order valence-corrected chi connectivity index (χ2v) is 10.6. The number of ether oxygens (including phenoxy) is 1. The Balaban J connectivity index is 1.60. The van der Waals surface area contributed by atoms with Crippen LogP contribution in [0.4, 0.5) is 0 Å². The van der Waals surface area contributed by atoms with Gasteiger partial charge in [-0.3, -0.25) is 9.59 Å². The average Bonchev–Trinajstić information content (AvgIpc) is 2.88. The van der Waals surface area contributed by atoms with Crippen molar-refractivity contribution in [1.29, 1.82) is 0 Å². The van der Waals surface area contributed by atoms with Crippen molar-refractivity contribution < 1.29 is 14.3 Å². The minimum atomic E-state index is -0.127. The molecule has 4 rings (SSSR count). The van der Waals surface area contributed by atoms with Crippen LogP contribution in [0.5, 0.6) is 0 Å². The Labute approximate surface area is 159 Å². The number of halogens is 1. The lowest BCUT2D eigenvalue weighted by atomic mass is 9.45. The summed E-state index contributed by atoms with van der Waals surface area (Å²) in [5.74, 6) is 2.95. The third-order valence-corrected chi connectivity index (χ3v) is 9.88. The van der Waals surface area contributed by atoms with Crippen molar-refractivity contribution in [2.45, 2.75) is 83.1 Å². The van der Waals surface area contributed by atoms with Gasteiger partial charge in [-0.1, -0.05) is 29.8 Å². The molecule has 0 bridgehead atoms. The fourth-order valence-electron chi connectivity index (χ4n) is 7.44. The molecule has 0 spiro atoms. The first kappa shape index (κ1) is 18.0. The second kappa shape index (κ2) is 6.07. The summed E-state index contributed by atoms with van der Waals surface area (Å²) in [5.41, 5.74) is 0.458. The van der Waals surface area contributed by atoms with Crippen LogP contribution in [0.1, 0.15) is 72.1 Å². The normalized spacial score (nSPS) is 52.1. The van der Waals surface area contributed by atoms with Gasteiger partial charge in [-0.05, 0) is 74.0 Å². The van der Waals surface area contributed by atoms with Gasteiger partial charge >= 0.3 is 5.97 Å². The summed E-state index contributed by atoms with van der Waals surface area (Å²) in [6.45, 7) is 6.39. The Kier molecular flexibility index (Phi) is 4.37. The number of ketones is 1. The third kappa shape index (κ3) is 2.56. The van der Waals surface area contributed by atoms with Crippen LogP contribution in [0, 0.1) is 34.5 Å². The number of esters is 1. The second-order valence-electron chi connectivity index (χ2n) is 9.65. The lowest BCUT2D eigenvalue weighted by Crippen LogP contribution is -2.56. The zero-order valence-corrected chi connectivity index (χ0v) is 17.3. The highest BCUT2D eigenvalue weighted by molar-refractivity contribution is 9.10. The monoisotopic (exact) mass is 410 g/mol. The van der Waals surface area contributed by atoms with E-state index in [4.69, 9.17) is 4.74 Å². The van der Waals surface area contributed by atoms with Gasteiger partial charge < -0.3 is 4.74 Å². The molecule has 0 amide bonds. The molecule has 0 aromatic heterocycles. The minimum Gasteiger partial charge on any atom is -0.462 e. The molecule has 0 aliphatic heterocycles. The van der Waals surface area contributed by atoms with Crippen LogP contribution in [0.15, 0.2) is 0 Å². The van der Waals surface area contributed by atoms with E-state index in [1.807, 2.05) is 0 Å². The fourth-order valence-corrected chi connectivity index (χ4v) is 8.53. The number of carbonyl (C=O) groups excluding carboxylic acids is 2. The highest BCUT2D eigenvalue weighted by Gasteiger charge is 2.62. The Morgan fingerprint density at radius 3 is 2.40 bits per heavy atom. The Morgan fingerprint density at radius 2 is 1.68 bits per heavy atom. The van der Waals surface area contributed by atoms with Crippen LogP contribution in [-0.4, -0.2) is 22.7 Å². The van der Waals surface area contributed by atoms with Crippen molar-refractivity contribution in [3.63, 3.8) is 0 Å². The first-order chi connectivity index (χ1) is 11.8. The quantitative estimate of drug-likeness (QED) is 0.455. The summed E-state index contributed by atoms with van der Waals surface area (Å²) < 4.78 is 5.74. The van der Waals surface area contributed by atoms with Gasteiger partial charge in [-0.2, -0.15) is 0 Å². The fraction of sp³-hybridized carbons (Fsp3) is 0.905. The summed E-state index contributed by atoms with van der Waals surface area (Å²) >= 11 is 3.74. The van der Waals surface area contributed by atoms with Gasteiger partial charge in [0.2, 0.25) is 0 Å². The van der Waals surface area contributed by atoms with Crippen molar-refractivity contribution in [2.75, 3.05) is 0 Å². The average molecular weight is 411 g/mol. The molecule has 4 aliphatic carbocycles. The van der Waals surface area contributed by atoms with E-state index in [1.165, 1.54) is 32.1 Å². The summed E-state index contributed by atoms with van der Waals surface area (Å²) in [5, 5.41) is 0. The molecule has 4 heteroatoms. The first-order valence-corrected chi connectivity index (χ1v) is 11.0. The Morgan fingerprint density at radius 1 is 1.00 bits per heavy atom. The predicted octanol–water partition coefficient (Wildman–Crippen LogP) is 4.90. The molecule has 0 N–H and O–H groups in total. The predicted molar refractivity (Wildman–Crippen MR) is 100 cm³/mol. The molecule has 140 valence electrons. The van der Waals surface area contributed by atoms with Gasteiger partial charge in [0.1, 0.15) is 11.9 Å². The standard InChI is InChI=1S/C21H31BrO3/c1-12(23)25-18-7-6-14-13-4-5-16-19(22)17(24)9-11-20(16,2)15(13)8-10-21(14,18)3/h13-16,18-19H,4-11H2,1-3H3/t13-,14+,15-,16+,18+,19-,20+,21+/m0/s1. The van der Waals surface area contributed by atoms with Crippen molar-refractivity contribution in [2.24, 2.45) is 34.5 Å². The van der Waals surface area contributed by atoms with E-state index in [1.54, 1.807) is 6.92 Å². The smallest absolute Gasteiger partial charge is 0.302 e. The van der Waals surface area contributed by atoms with Crippen molar-refractivity contribution in [3.05, 3.63) is 0 Å². The third-order valence-electron chi connectivity index (χ3n) is 8.73. The number of alkyl halides is 1. The number of hydrogen-bond donors (Lipinski definition) is 0. The van der Waals surface area contributed by atoms with Gasteiger partial charge in [0.25, 0.3) is 0 Å². The number of fused-ring (bicyclic) bond motifs is 5. The molecular formula is C21H31BrO3. The van der Waals surface area contributed by atoms with E-state index in [0.29, 0.717) is 23.0 Å². The van der Waals surface area contributed by atoms with Crippen LogP contribution in [0.25, 0.3) is 0 Å². The van der Waals surface area contributed by atoms with E-state index in [2.05, 4.69) is 29.8 Å². The first-order valence-electron chi connectivity index (χ1n) is 10.1. The van der Waals surface area contributed by atoms with Crippen LogP contribution in [0.2, 0.25) is 0 Å². The zero-order valence-electron chi connectivity index (χ0n) is 15.7. The van der Waals surface area contributed by atoms with Crippen molar-refractivity contribution in [1.82, 2.24) is 0 Å².